The molecule has 1 atom stereocenters. The van der Waals surface area contributed by atoms with E-state index in [1.807, 2.05) is 25.3 Å². The number of hydrogen-bond acceptors (Lipinski definition) is 3. The zero-order valence-corrected chi connectivity index (χ0v) is 9.87. The topological polar surface area (TPSA) is 64.1 Å². The van der Waals surface area contributed by atoms with Gasteiger partial charge in [0.15, 0.2) is 0 Å². The van der Waals surface area contributed by atoms with Crippen LogP contribution in [-0.4, -0.2) is 21.2 Å². The van der Waals surface area contributed by atoms with E-state index in [1.54, 1.807) is 18.3 Å². The highest BCUT2D eigenvalue weighted by Gasteiger charge is 2.11. The Hall–Kier alpha value is -1.81. The summed E-state index contributed by atoms with van der Waals surface area (Å²) in [4.78, 5) is 4.19. The predicted molar refractivity (Wildman–Crippen MR) is 66.9 cm³/mol. The molecule has 0 amide bonds. The highest BCUT2D eigenvalue weighted by atomic mass is 16.3. The number of aromatic hydroxyl groups is 1. The number of nitrogens with zero attached hydrogens (tertiary/aromatic N) is 2. The van der Waals surface area contributed by atoms with Crippen molar-refractivity contribution in [1.82, 2.24) is 9.55 Å². The molecule has 17 heavy (non-hydrogen) atoms. The van der Waals surface area contributed by atoms with E-state index in [2.05, 4.69) is 9.55 Å². The van der Waals surface area contributed by atoms with Crippen molar-refractivity contribution >= 4 is 0 Å². The summed E-state index contributed by atoms with van der Waals surface area (Å²) in [5, 5.41) is 9.27. The van der Waals surface area contributed by atoms with Crippen LogP contribution in [0.3, 0.4) is 0 Å². The van der Waals surface area contributed by atoms with Gasteiger partial charge in [-0.3, -0.25) is 0 Å². The number of phenols is 1. The lowest BCUT2D eigenvalue weighted by molar-refractivity contribution is 0.474. The lowest BCUT2D eigenvalue weighted by Crippen LogP contribution is -2.18. The summed E-state index contributed by atoms with van der Waals surface area (Å²) < 4.78 is 2.09. The molecular formula is C13H17N3O. The largest absolute Gasteiger partial charge is 0.508 e. The minimum absolute atomic E-state index is 0.239. The second-order valence-electron chi connectivity index (χ2n) is 4.15. The number of rotatable bonds is 4. The molecule has 0 aliphatic heterocycles. The van der Waals surface area contributed by atoms with Crippen LogP contribution in [0.5, 0.6) is 5.75 Å². The van der Waals surface area contributed by atoms with E-state index in [-0.39, 0.29) is 11.7 Å². The van der Waals surface area contributed by atoms with E-state index in [1.165, 1.54) is 0 Å². The Bertz CT molecular complexity index is 476. The van der Waals surface area contributed by atoms with Crippen molar-refractivity contribution in [1.29, 1.82) is 0 Å². The summed E-state index contributed by atoms with van der Waals surface area (Å²) in [5.41, 5.74) is 6.95. The van der Waals surface area contributed by atoms with Crippen LogP contribution in [0.25, 0.3) is 0 Å². The Kier molecular flexibility index (Phi) is 3.44. The molecule has 1 aromatic heterocycles. The summed E-state index contributed by atoms with van der Waals surface area (Å²) in [7, 11) is 0. The lowest BCUT2D eigenvalue weighted by atomic mass is 9.99. The predicted octanol–water partition coefficient (Wildman–Crippen LogP) is 1.64. The number of imidazole rings is 1. The molecule has 0 aliphatic rings. The van der Waals surface area contributed by atoms with Gasteiger partial charge in [0, 0.05) is 31.4 Å². The van der Waals surface area contributed by atoms with E-state index in [4.69, 9.17) is 5.73 Å². The molecule has 1 heterocycles. The van der Waals surface area contributed by atoms with Crippen molar-refractivity contribution in [2.24, 2.45) is 5.73 Å². The van der Waals surface area contributed by atoms with Gasteiger partial charge in [-0.1, -0.05) is 12.1 Å². The lowest BCUT2D eigenvalue weighted by Gasteiger charge is -2.17. The van der Waals surface area contributed by atoms with Crippen LogP contribution in [-0.2, 0) is 6.54 Å². The first kappa shape index (κ1) is 11.7. The smallest absolute Gasteiger partial charge is 0.115 e. The maximum absolute atomic E-state index is 9.27. The Labute approximate surface area is 101 Å². The number of phenolic OH excluding ortho intramolecular Hbond substituents is 1. The average molecular weight is 231 g/mol. The standard InChI is InChI=1S/C13H17N3O/c1-10-15-6-7-16(10)9-12(8-14)11-2-4-13(17)5-3-11/h2-7,12,17H,8-9,14H2,1H3. The first-order valence-electron chi connectivity index (χ1n) is 5.67. The first-order chi connectivity index (χ1) is 8.20. The summed E-state index contributed by atoms with van der Waals surface area (Å²) in [6, 6.07) is 7.22. The minimum atomic E-state index is 0.239. The van der Waals surface area contributed by atoms with Gasteiger partial charge in [-0.05, 0) is 24.6 Å². The minimum Gasteiger partial charge on any atom is -0.508 e. The molecule has 3 N–H and O–H groups in total. The van der Waals surface area contributed by atoms with Crippen LogP contribution in [0.1, 0.15) is 17.3 Å². The third kappa shape index (κ3) is 2.65. The van der Waals surface area contributed by atoms with Crippen molar-refractivity contribution in [3.8, 4) is 5.75 Å². The molecule has 90 valence electrons. The highest BCUT2D eigenvalue weighted by molar-refractivity contribution is 5.28. The molecule has 1 aromatic carbocycles. The van der Waals surface area contributed by atoms with E-state index in [0.29, 0.717) is 6.54 Å². The molecule has 0 spiro atoms. The Morgan fingerprint density at radius 1 is 1.35 bits per heavy atom. The highest BCUT2D eigenvalue weighted by Crippen LogP contribution is 2.20. The number of aromatic nitrogens is 2. The number of benzene rings is 1. The molecule has 0 saturated carbocycles. The third-order valence-electron chi connectivity index (χ3n) is 2.99. The van der Waals surface area contributed by atoms with Crippen molar-refractivity contribution < 1.29 is 5.11 Å². The van der Waals surface area contributed by atoms with Gasteiger partial charge in [0.1, 0.15) is 11.6 Å². The Morgan fingerprint density at radius 2 is 2.06 bits per heavy atom. The van der Waals surface area contributed by atoms with Gasteiger partial charge in [-0.25, -0.2) is 4.98 Å². The quantitative estimate of drug-likeness (QED) is 0.840. The van der Waals surface area contributed by atoms with Crippen LogP contribution >= 0.6 is 0 Å². The fourth-order valence-electron chi connectivity index (χ4n) is 1.90. The number of hydrogen-bond donors (Lipinski definition) is 2. The molecule has 2 rings (SSSR count). The molecule has 1 unspecified atom stereocenters. The number of nitrogens with two attached hydrogens (primary N) is 1. The Morgan fingerprint density at radius 3 is 2.59 bits per heavy atom. The fraction of sp³-hybridized carbons (Fsp3) is 0.308. The SMILES string of the molecule is Cc1nccn1CC(CN)c1ccc(O)cc1. The van der Waals surface area contributed by atoms with E-state index in [0.717, 1.165) is 17.9 Å². The Balaban J connectivity index is 2.17. The maximum atomic E-state index is 9.27. The van der Waals surface area contributed by atoms with Crippen molar-refractivity contribution in [2.75, 3.05) is 6.54 Å². The van der Waals surface area contributed by atoms with Gasteiger partial charge in [-0.15, -0.1) is 0 Å². The van der Waals surface area contributed by atoms with Crippen LogP contribution in [0, 0.1) is 6.92 Å². The third-order valence-corrected chi connectivity index (χ3v) is 2.99. The second-order valence-corrected chi connectivity index (χ2v) is 4.15. The summed E-state index contributed by atoms with van der Waals surface area (Å²) >= 11 is 0. The van der Waals surface area contributed by atoms with Gasteiger partial charge >= 0.3 is 0 Å². The summed E-state index contributed by atoms with van der Waals surface area (Å²) in [6.45, 7) is 3.36. The van der Waals surface area contributed by atoms with Gasteiger partial charge in [-0.2, -0.15) is 0 Å². The van der Waals surface area contributed by atoms with Gasteiger partial charge in [0.25, 0.3) is 0 Å². The van der Waals surface area contributed by atoms with Crippen molar-refractivity contribution in [3.05, 3.63) is 48.0 Å². The molecule has 2 aromatic rings. The molecule has 4 heteroatoms. The molecule has 0 bridgehead atoms. The molecule has 0 radical (unpaired) electrons. The van der Waals surface area contributed by atoms with Crippen molar-refractivity contribution in [3.63, 3.8) is 0 Å². The second kappa shape index (κ2) is 5.01. The molecule has 4 nitrogen and oxygen atoms in total. The van der Waals surface area contributed by atoms with Gasteiger partial charge in [0.2, 0.25) is 0 Å². The fourth-order valence-corrected chi connectivity index (χ4v) is 1.90. The average Bonchev–Trinajstić information content (AvgIpc) is 2.73. The van der Waals surface area contributed by atoms with Crippen molar-refractivity contribution in [2.45, 2.75) is 19.4 Å². The molecule has 0 saturated heterocycles. The summed E-state index contributed by atoms with van der Waals surface area (Å²) in [5.74, 6) is 1.51. The van der Waals surface area contributed by atoms with Gasteiger partial charge < -0.3 is 15.4 Å². The van der Waals surface area contributed by atoms with E-state index in [9.17, 15) is 5.11 Å². The molecule has 0 aliphatic carbocycles. The van der Waals surface area contributed by atoms with Crippen LogP contribution < -0.4 is 5.73 Å². The normalized spacial score (nSPS) is 12.6. The zero-order valence-electron chi connectivity index (χ0n) is 9.87. The van der Waals surface area contributed by atoms with Crippen LogP contribution in [0.2, 0.25) is 0 Å². The number of aryl methyl sites for hydroxylation is 1. The molecule has 0 fully saturated rings. The maximum Gasteiger partial charge on any atom is 0.115 e. The van der Waals surface area contributed by atoms with Crippen LogP contribution in [0.4, 0.5) is 0 Å². The molecular weight excluding hydrogens is 214 g/mol. The van der Waals surface area contributed by atoms with Crippen LogP contribution in [0.15, 0.2) is 36.7 Å². The van der Waals surface area contributed by atoms with E-state index < -0.39 is 0 Å². The zero-order chi connectivity index (χ0) is 12.3. The van der Waals surface area contributed by atoms with Gasteiger partial charge in [0.05, 0.1) is 0 Å². The summed E-state index contributed by atoms with van der Waals surface area (Å²) in [6.07, 6.45) is 3.75. The first-order valence-corrected chi connectivity index (χ1v) is 5.67. The monoisotopic (exact) mass is 231 g/mol. The van der Waals surface area contributed by atoms with E-state index >= 15 is 0 Å².